The Labute approximate surface area is 119 Å². The van der Waals surface area contributed by atoms with Gasteiger partial charge in [0, 0.05) is 0 Å². The number of halogens is 3. The molecule has 0 heterocycles. The molecule has 0 saturated carbocycles. The number of hydrogen-bond acceptors (Lipinski definition) is 2. The molecule has 1 unspecified atom stereocenters. The van der Waals surface area contributed by atoms with Gasteiger partial charge >= 0.3 is 0 Å². The molecular formula is C12H14BrClFNO2. The molecule has 18 heavy (non-hydrogen) atoms. The molecule has 1 atom stereocenters. The van der Waals surface area contributed by atoms with Crippen LogP contribution in [0.1, 0.15) is 20.8 Å². The molecule has 1 rings (SSSR count). The van der Waals surface area contributed by atoms with Gasteiger partial charge in [-0.05, 0) is 35.0 Å². The monoisotopic (exact) mass is 337 g/mol. The summed E-state index contributed by atoms with van der Waals surface area (Å²) in [5.74, 6) is -1.84. The highest BCUT2D eigenvalue weighted by atomic mass is 79.9. The minimum Gasteiger partial charge on any atom is -0.322 e. The van der Waals surface area contributed by atoms with Crippen molar-refractivity contribution in [1.29, 1.82) is 0 Å². The van der Waals surface area contributed by atoms with Crippen LogP contribution >= 0.6 is 27.5 Å². The Morgan fingerprint density at radius 2 is 1.94 bits per heavy atom. The lowest BCUT2D eigenvalue weighted by molar-refractivity contribution is -0.123. The average Bonchev–Trinajstić information content (AvgIpc) is 2.36. The molecule has 0 bridgehead atoms. The quantitative estimate of drug-likeness (QED) is 0.674. The van der Waals surface area contributed by atoms with E-state index in [9.17, 15) is 14.0 Å². The summed E-state index contributed by atoms with van der Waals surface area (Å²) in [5, 5.41) is 0.928. The van der Waals surface area contributed by atoms with Crippen molar-refractivity contribution in [2.24, 2.45) is 0 Å². The number of carbonyl (C=O) groups excluding carboxylic acids is 2. The molecule has 0 aliphatic heterocycles. The van der Waals surface area contributed by atoms with Crippen LogP contribution in [0.15, 0.2) is 22.7 Å². The van der Waals surface area contributed by atoms with Gasteiger partial charge in [-0.3, -0.25) is 9.59 Å². The second kappa shape index (κ2) is 8.21. The van der Waals surface area contributed by atoms with Crippen LogP contribution in [0.2, 0.25) is 0 Å². The highest BCUT2D eigenvalue weighted by Gasteiger charge is 2.21. The molecule has 6 heteroatoms. The zero-order valence-corrected chi connectivity index (χ0v) is 12.6. The van der Waals surface area contributed by atoms with Crippen LogP contribution in [0.25, 0.3) is 0 Å². The van der Waals surface area contributed by atoms with E-state index < -0.39 is 22.9 Å². The molecule has 0 radical (unpaired) electrons. The van der Waals surface area contributed by atoms with Crippen LogP contribution in [0.3, 0.4) is 0 Å². The zero-order valence-electron chi connectivity index (χ0n) is 10.3. The first-order valence-electron chi connectivity index (χ1n) is 5.33. The van der Waals surface area contributed by atoms with Crippen molar-refractivity contribution in [3.63, 3.8) is 0 Å². The maximum Gasteiger partial charge on any atom is 0.250 e. The molecule has 1 amide bonds. The summed E-state index contributed by atoms with van der Waals surface area (Å²) >= 11 is 8.49. The summed E-state index contributed by atoms with van der Waals surface area (Å²) in [5.41, 5.74) is -0.0220. The van der Waals surface area contributed by atoms with E-state index in [2.05, 4.69) is 21.2 Å². The number of benzene rings is 1. The van der Waals surface area contributed by atoms with Crippen molar-refractivity contribution >= 4 is 44.9 Å². The maximum atomic E-state index is 13.4. The molecule has 0 aliphatic rings. The Balaban J connectivity index is 0.00000137. The Kier molecular flexibility index (Phi) is 7.78. The van der Waals surface area contributed by atoms with E-state index in [-0.39, 0.29) is 10.2 Å². The third kappa shape index (κ3) is 4.74. The summed E-state index contributed by atoms with van der Waals surface area (Å²) in [6.45, 7) is 5.19. The molecule has 0 saturated heterocycles. The second-order valence-corrected chi connectivity index (χ2v) is 4.35. The van der Waals surface area contributed by atoms with Crippen molar-refractivity contribution in [2.75, 3.05) is 5.32 Å². The number of hydrogen-bond donors (Lipinski definition) is 1. The van der Waals surface area contributed by atoms with Gasteiger partial charge in [0.05, 0.1) is 10.2 Å². The van der Waals surface area contributed by atoms with Gasteiger partial charge < -0.3 is 5.32 Å². The summed E-state index contributed by atoms with van der Waals surface area (Å²) < 4.78 is 13.7. The first-order chi connectivity index (χ1) is 8.43. The fourth-order valence-corrected chi connectivity index (χ4v) is 1.40. The van der Waals surface area contributed by atoms with E-state index >= 15 is 0 Å². The van der Waals surface area contributed by atoms with Gasteiger partial charge in [0.1, 0.15) is 0 Å². The standard InChI is InChI=1S/C10H8BrClFNO2.C2H6/c1-5(15)8(12)10(16)14-7-4-2-3-6(11)9(7)13;1-2/h2-4,8H,1H3,(H,14,16);1-2H3. The van der Waals surface area contributed by atoms with E-state index in [1.54, 1.807) is 6.07 Å². The topological polar surface area (TPSA) is 46.2 Å². The summed E-state index contributed by atoms with van der Waals surface area (Å²) in [6.07, 6.45) is 0. The minimum absolute atomic E-state index is 0.0220. The Morgan fingerprint density at radius 3 is 2.44 bits per heavy atom. The maximum absolute atomic E-state index is 13.4. The van der Waals surface area contributed by atoms with Crippen molar-refractivity contribution in [2.45, 2.75) is 26.1 Å². The van der Waals surface area contributed by atoms with E-state index in [1.165, 1.54) is 19.1 Å². The number of alkyl halides is 1. The number of Topliss-reactive ketones (excluding diaryl/α,β-unsaturated/α-hetero) is 1. The van der Waals surface area contributed by atoms with E-state index in [0.717, 1.165) is 0 Å². The van der Waals surface area contributed by atoms with Crippen LogP contribution in [-0.2, 0) is 9.59 Å². The average molecular weight is 339 g/mol. The van der Waals surface area contributed by atoms with Gasteiger partial charge in [-0.2, -0.15) is 0 Å². The van der Waals surface area contributed by atoms with Gasteiger partial charge in [-0.15, -0.1) is 11.6 Å². The van der Waals surface area contributed by atoms with E-state index in [1.807, 2.05) is 13.8 Å². The second-order valence-electron chi connectivity index (χ2n) is 3.06. The fraction of sp³-hybridized carbons (Fsp3) is 0.333. The zero-order chi connectivity index (χ0) is 14.3. The SMILES string of the molecule is CC.CC(=O)C(Cl)C(=O)Nc1cccc(Br)c1F. The Hall–Kier alpha value is -0.940. The van der Waals surface area contributed by atoms with Gasteiger partial charge in [0.25, 0.3) is 0 Å². The Bertz CT molecular complexity index is 440. The largest absolute Gasteiger partial charge is 0.322 e. The van der Waals surface area contributed by atoms with Crippen LogP contribution < -0.4 is 5.32 Å². The van der Waals surface area contributed by atoms with Crippen molar-refractivity contribution in [3.8, 4) is 0 Å². The number of carbonyl (C=O) groups is 2. The molecule has 3 nitrogen and oxygen atoms in total. The highest BCUT2D eigenvalue weighted by molar-refractivity contribution is 9.10. The predicted molar refractivity (Wildman–Crippen MR) is 74.4 cm³/mol. The first-order valence-corrected chi connectivity index (χ1v) is 6.56. The molecule has 1 aromatic rings. The number of nitrogens with one attached hydrogen (secondary N) is 1. The lowest BCUT2D eigenvalue weighted by Gasteiger charge is -2.09. The Morgan fingerprint density at radius 1 is 1.39 bits per heavy atom. The third-order valence-corrected chi connectivity index (χ3v) is 2.91. The first kappa shape index (κ1) is 17.1. The minimum atomic E-state index is -1.31. The van der Waals surface area contributed by atoms with Crippen molar-refractivity contribution < 1.29 is 14.0 Å². The van der Waals surface area contributed by atoms with Gasteiger partial charge in [0.2, 0.25) is 5.91 Å². The van der Waals surface area contributed by atoms with Crippen LogP contribution in [0.5, 0.6) is 0 Å². The molecule has 0 fully saturated rings. The van der Waals surface area contributed by atoms with Crippen molar-refractivity contribution in [1.82, 2.24) is 0 Å². The van der Waals surface area contributed by atoms with Gasteiger partial charge in [-0.25, -0.2) is 4.39 Å². The van der Waals surface area contributed by atoms with E-state index in [4.69, 9.17) is 11.6 Å². The third-order valence-electron chi connectivity index (χ3n) is 1.80. The summed E-state index contributed by atoms with van der Waals surface area (Å²) in [6, 6.07) is 4.43. The molecule has 0 spiro atoms. The van der Waals surface area contributed by atoms with Crippen LogP contribution in [0, 0.1) is 5.82 Å². The summed E-state index contributed by atoms with van der Waals surface area (Å²) in [7, 11) is 0. The lowest BCUT2D eigenvalue weighted by atomic mass is 10.2. The van der Waals surface area contributed by atoms with E-state index in [0.29, 0.717) is 0 Å². The molecule has 100 valence electrons. The molecule has 0 aromatic heterocycles. The van der Waals surface area contributed by atoms with Crippen molar-refractivity contribution in [3.05, 3.63) is 28.5 Å². The predicted octanol–water partition coefficient (Wildman–Crippen LogP) is 3.75. The van der Waals surface area contributed by atoms with Crippen LogP contribution in [0.4, 0.5) is 10.1 Å². The number of ketones is 1. The highest BCUT2D eigenvalue weighted by Crippen LogP contribution is 2.22. The normalized spacial score (nSPS) is 11.0. The number of anilines is 1. The molecule has 0 aliphatic carbocycles. The fourth-order valence-electron chi connectivity index (χ4n) is 0.981. The lowest BCUT2D eigenvalue weighted by Crippen LogP contribution is -2.29. The van der Waals surface area contributed by atoms with Crippen LogP contribution in [-0.4, -0.2) is 17.1 Å². The summed E-state index contributed by atoms with van der Waals surface area (Å²) in [4.78, 5) is 22.2. The smallest absolute Gasteiger partial charge is 0.250 e. The molecular weight excluding hydrogens is 324 g/mol. The number of rotatable bonds is 3. The van der Waals surface area contributed by atoms with Gasteiger partial charge in [0.15, 0.2) is 17.0 Å². The molecule has 1 N–H and O–H groups in total. The number of amides is 1. The van der Waals surface area contributed by atoms with Gasteiger partial charge in [-0.1, -0.05) is 19.9 Å². The molecule has 1 aromatic carbocycles.